The third kappa shape index (κ3) is 7.64. The molecule has 0 saturated heterocycles. The first-order valence-electron chi connectivity index (χ1n) is 10.6. The van der Waals surface area contributed by atoms with Gasteiger partial charge in [-0.3, -0.25) is 4.79 Å². The molecule has 0 aliphatic carbocycles. The summed E-state index contributed by atoms with van der Waals surface area (Å²) < 4.78 is 16.5. The second-order valence-corrected chi connectivity index (χ2v) is 8.40. The van der Waals surface area contributed by atoms with Gasteiger partial charge in [0.15, 0.2) is 0 Å². The first kappa shape index (κ1) is 25.3. The minimum absolute atomic E-state index is 0.202. The van der Waals surface area contributed by atoms with Crippen LogP contribution in [0.15, 0.2) is 64.1 Å². The summed E-state index contributed by atoms with van der Waals surface area (Å²) in [6.45, 7) is 3.91. The Hall–Kier alpha value is -3.29. The summed E-state index contributed by atoms with van der Waals surface area (Å²) in [6.07, 6.45) is 1.92. The molecule has 34 heavy (non-hydrogen) atoms. The van der Waals surface area contributed by atoms with Gasteiger partial charge in [0.05, 0.1) is 29.5 Å². The SMILES string of the molecule is CC(C)OC(=O)c1cccc(-c2ccc(/C=N\NC(=O)CCCOc3ccc(Cl)cc3Cl)o2)c1. The Morgan fingerprint density at radius 2 is 1.94 bits per heavy atom. The van der Waals surface area contributed by atoms with Crippen LogP contribution in [-0.4, -0.2) is 30.8 Å². The van der Waals surface area contributed by atoms with Gasteiger partial charge in [-0.05, 0) is 62.7 Å². The Labute approximate surface area is 207 Å². The predicted molar refractivity (Wildman–Crippen MR) is 132 cm³/mol. The number of esters is 1. The van der Waals surface area contributed by atoms with Crippen molar-refractivity contribution in [3.63, 3.8) is 0 Å². The third-order valence-corrected chi connectivity index (χ3v) is 4.96. The van der Waals surface area contributed by atoms with E-state index in [1.807, 2.05) is 6.07 Å². The Morgan fingerprint density at radius 1 is 1.12 bits per heavy atom. The van der Waals surface area contributed by atoms with Crippen LogP contribution in [0.1, 0.15) is 42.8 Å². The minimum atomic E-state index is -0.394. The highest BCUT2D eigenvalue weighted by Crippen LogP contribution is 2.27. The summed E-state index contributed by atoms with van der Waals surface area (Å²) in [6, 6.07) is 15.4. The number of hydrogen-bond acceptors (Lipinski definition) is 6. The summed E-state index contributed by atoms with van der Waals surface area (Å²) >= 11 is 11.9. The number of benzene rings is 2. The van der Waals surface area contributed by atoms with Gasteiger partial charge < -0.3 is 13.9 Å². The molecular formula is C25H24Cl2N2O5. The molecule has 0 spiro atoms. The van der Waals surface area contributed by atoms with Gasteiger partial charge in [0.25, 0.3) is 0 Å². The lowest BCUT2D eigenvalue weighted by molar-refractivity contribution is -0.121. The lowest BCUT2D eigenvalue weighted by Crippen LogP contribution is -2.18. The molecule has 0 fully saturated rings. The predicted octanol–water partition coefficient (Wildman–Crippen LogP) is 6.13. The topological polar surface area (TPSA) is 90.1 Å². The normalized spacial score (nSPS) is 11.1. The Kier molecular flexibility index (Phi) is 9.13. The summed E-state index contributed by atoms with van der Waals surface area (Å²) in [4.78, 5) is 24.1. The maximum atomic E-state index is 12.1. The average Bonchev–Trinajstić information content (AvgIpc) is 3.26. The van der Waals surface area contributed by atoms with Crippen LogP contribution in [0, 0.1) is 0 Å². The lowest BCUT2D eigenvalue weighted by Gasteiger charge is -2.08. The quantitative estimate of drug-likeness (QED) is 0.156. The maximum Gasteiger partial charge on any atom is 0.338 e. The molecule has 0 aliphatic heterocycles. The van der Waals surface area contributed by atoms with E-state index >= 15 is 0 Å². The van der Waals surface area contributed by atoms with E-state index in [2.05, 4.69) is 10.5 Å². The summed E-state index contributed by atoms with van der Waals surface area (Å²) in [5, 5.41) is 4.86. The second kappa shape index (κ2) is 12.3. The number of nitrogens with zero attached hydrogens (tertiary/aromatic N) is 1. The second-order valence-electron chi connectivity index (χ2n) is 7.56. The first-order chi connectivity index (χ1) is 16.3. The number of carbonyl (C=O) groups is 2. The summed E-state index contributed by atoms with van der Waals surface area (Å²) in [5.74, 6) is 0.872. The largest absolute Gasteiger partial charge is 0.492 e. The number of furan rings is 1. The van der Waals surface area contributed by atoms with Crippen LogP contribution in [0.5, 0.6) is 5.75 Å². The van der Waals surface area contributed by atoms with Crippen LogP contribution >= 0.6 is 23.2 Å². The van der Waals surface area contributed by atoms with E-state index in [0.717, 1.165) is 5.56 Å². The number of amides is 1. The van der Waals surface area contributed by atoms with Crippen molar-refractivity contribution < 1.29 is 23.5 Å². The van der Waals surface area contributed by atoms with E-state index in [0.29, 0.717) is 45.9 Å². The molecule has 9 heteroatoms. The van der Waals surface area contributed by atoms with Crippen LogP contribution in [0.3, 0.4) is 0 Å². The van der Waals surface area contributed by atoms with Crippen molar-refractivity contribution in [3.05, 3.63) is 76.0 Å². The van der Waals surface area contributed by atoms with Gasteiger partial charge in [0.1, 0.15) is 17.3 Å². The molecule has 1 heterocycles. The number of nitrogens with one attached hydrogen (secondary N) is 1. The fraction of sp³-hybridized carbons (Fsp3) is 0.240. The van der Waals surface area contributed by atoms with Gasteiger partial charge in [-0.1, -0.05) is 35.3 Å². The van der Waals surface area contributed by atoms with Gasteiger partial charge in [0, 0.05) is 17.0 Å². The van der Waals surface area contributed by atoms with Crippen LogP contribution in [0.4, 0.5) is 0 Å². The first-order valence-corrected chi connectivity index (χ1v) is 11.4. The van der Waals surface area contributed by atoms with E-state index < -0.39 is 5.97 Å². The van der Waals surface area contributed by atoms with Crippen LogP contribution in [0.2, 0.25) is 10.0 Å². The molecule has 0 aliphatic rings. The monoisotopic (exact) mass is 502 g/mol. The molecule has 1 aromatic heterocycles. The number of hydrogen-bond donors (Lipinski definition) is 1. The zero-order valence-electron chi connectivity index (χ0n) is 18.7. The van der Waals surface area contributed by atoms with E-state index in [9.17, 15) is 9.59 Å². The van der Waals surface area contributed by atoms with Crippen molar-refractivity contribution in [3.8, 4) is 17.1 Å². The number of hydrazone groups is 1. The van der Waals surface area contributed by atoms with Crippen LogP contribution < -0.4 is 10.2 Å². The highest BCUT2D eigenvalue weighted by Gasteiger charge is 2.12. The van der Waals surface area contributed by atoms with Crippen molar-refractivity contribution in [1.29, 1.82) is 0 Å². The van der Waals surface area contributed by atoms with Crippen molar-refractivity contribution in [2.75, 3.05) is 6.61 Å². The van der Waals surface area contributed by atoms with Gasteiger partial charge >= 0.3 is 5.97 Å². The van der Waals surface area contributed by atoms with E-state index in [1.54, 1.807) is 62.4 Å². The Balaban J connectivity index is 1.46. The number of halogens is 2. The summed E-state index contributed by atoms with van der Waals surface area (Å²) in [5.41, 5.74) is 3.61. The molecule has 0 unspecified atom stereocenters. The smallest absolute Gasteiger partial charge is 0.338 e. The van der Waals surface area contributed by atoms with Crippen molar-refractivity contribution >= 4 is 41.3 Å². The molecule has 178 valence electrons. The highest BCUT2D eigenvalue weighted by molar-refractivity contribution is 6.35. The molecule has 1 amide bonds. The zero-order valence-corrected chi connectivity index (χ0v) is 20.2. The standard InChI is InChI=1S/C25H24Cl2N2O5/c1-16(2)33-25(31)18-6-3-5-17(13-18)22-11-9-20(34-22)15-28-29-24(30)7-4-12-32-23-10-8-19(26)14-21(23)27/h3,5-6,8-11,13-16H,4,7,12H2,1-2H3,(H,29,30)/b28-15-. The molecule has 0 atom stereocenters. The summed E-state index contributed by atoms with van der Waals surface area (Å²) in [7, 11) is 0. The molecular weight excluding hydrogens is 479 g/mol. The van der Waals surface area contributed by atoms with E-state index in [1.165, 1.54) is 6.21 Å². The van der Waals surface area contributed by atoms with Gasteiger partial charge in [0.2, 0.25) is 5.91 Å². The number of ether oxygens (including phenoxy) is 2. The molecule has 1 N–H and O–H groups in total. The fourth-order valence-corrected chi connectivity index (χ4v) is 3.35. The molecule has 0 saturated carbocycles. The van der Waals surface area contributed by atoms with Crippen LogP contribution in [-0.2, 0) is 9.53 Å². The Morgan fingerprint density at radius 3 is 2.71 bits per heavy atom. The fourth-order valence-electron chi connectivity index (χ4n) is 2.89. The lowest BCUT2D eigenvalue weighted by atomic mass is 10.1. The van der Waals surface area contributed by atoms with Gasteiger partial charge in [-0.15, -0.1) is 0 Å². The maximum absolute atomic E-state index is 12.1. The highest BCUT2D eigenvalue weighted by atomic mass is 35.5. The number of carbonyl (C=O) groups excluding carboxylic acids is 2. The molecule has 2 aromatic carbocycles. The molecule has 3 rings (SSSR count). The van der Waals surface area contributed by atoms with Gasteiger partial charge in [-0.2, -0.15) is 5.10 Å². The molecule has 0 radical (unpaired) electrons. The van der Waals surface area contributed by atoms with Crippen molar-refractivity contribution in [1.82, 2.24) is 5.43 Å². The number of rotatable bonds is 10. The molecule has 0 bridgehead atoms. The van der Waals surface area contributed by atoms with Crippen molar-refractivity contribution in [2.45, 2.75) is 32.8 Å². The zero-order chi connectivity index (χ0) is 24.5. The van der Waals surface area contributed by atoms with E-state index in [4.69, 9.17) is 37.1 Å². The minimum Gasteiger partial charge on any atom is -0.492 e. The van der Waals surface area contributed by atoms with Crippen LogP contribution in [0.25, 0.3) is 11.3 Å². The Bertz CT molecular complexity index is 1170. The third-order valence-electron chi connectivity index (χ3n) is 4.43. The molecule has 3 aromatic rings. The van der Waals surface area contributed by atoms with E-state index in [-0.39, 0.29) is 18.4 Å². The average molecular weight is 503 g/mol. The van der Waals surface area contributed by atoms with Gasteiger partial charge in [-0.25, -0.2) is 10.2 Å². The molecule has 7 nitrogen and oxygen atoms in total. The van der Waals surface area contributed by atoms with Crippen molar-refractivity contribution in [2.24, 2.45) is 5.10 Å².